The molecule has 0 N–H and O–H groups in total. The highest BCUT2D eigenvalue weighted by Crippen LogP contribution is 2.63. The van der Waals surface area contributed by atoms with Crippen molar-refractivity contribution in [3.05, 3.63) is 154 Å². The van der Waals surface area contributed by atoms with Gasteiger partial charge < -0.3 is 0 Å². The Morgan fingerprint density at radius 2 is 1.12 bits per heavy atom. The van der Waals surface area contributed by atoms with Crippen molar-refractivity contribution < 1.29 is 4.68 Å². The molecule has 1 heterocycles. The van der Waals surface area contributed by atoms with E-state index >= 15 is 0 Å². The minimum absolute atomic E-state index is 0.326. The van der Waals surface area contributed by atoms with E-state index in [4.69, 9.17) is 0 Å². The summed E-state index contributed by atoms with van der Waals surface area (Å²) in [6.45, 7) is 11.3. The number of aryl methyl sites for hydroxylation is 4. The Balaban J connectivity index is 1.48. The summed E-state index contributed by atoms with van der Waals surface area (Å²) in [6, 6.07) is 39.2. The summed E-state index contributed by atoms with van der Waals surface area (Å²) in [7, 11) is 2.17. The van der Waals surface area contributed by atoms with Crippen LogP contribution in [0.2, 0.25) is 0 Å². The predicted octanol–water partition coefficient (Wildman–Crippen LogP) is 9.36. The van der Waals surface area contributed by atoms with E-state index in [-0.39, 0.29) is 5.41 Å². The van der Waals surface area contributed by atoms with E-state index in [1.807, 2.05) is 0 Å². The Morgan fingerprint density at radius 1 is 0.605 bits per heavy atom. The first-order valence-electron chi connectivity index (χ1n) is 15.5. The lowest BCUT2D eigenvalue weighted by Crippen LogP contribution is -2.38. The summed E-state index contributed by atoms with van der Waals surface area (Å²) in [5, 5.41) is 0. The molecule has 210 valence electrons. The number of benzene rings is 5. The van der Waals surface area contributed by atoms with Crippen LogP contribution in [0.5, 0.6) is 0 Å². The van der Waals surface area contributed by atoms with Crippen LogP contribution in [0.25, 0.3) is 39.2 Å². The Kier molecular flexibility index (Phi) is 5.53. The molecule has 2 aliphatic rings. The first-order valence-corrected chi connectivity index (χ1v) is 15.5. The lowest BCUT2D eigenvalue weighted by atomic mass is 9.70. The van der Waals surface area contributed by atoms with E-state index in [0.717, 1.165) is 0 Å². The minimum Gasteiger partial charge on any atom is -0.120 e. The number of rotatable bonds is 3. The van der Waals surface area contributed by atoms with Gasteiger partial charge in [-0.15, -0.1) is 9.36 Å². The lowest BCUT2D eigenvalue weighted by Gasteiger charge is -2.31. The zero-order chi connectivity index (χ0) is 29.6. The molecule has 1 aromatic heterocycles. The van der Waals surface area contributed by atoms with Gasteiger partial charge in [-0.2, -0.15) is 0 Å². The number of fused-ring (bicyclic) bond motifs is 10. The number of hydrogen-bond donors (Lipinski definition) is 0. The van der Waals surface area contributed by atoms with Gasteiger partial charge in [0.1, 0.15) is 11.4 Å². The van der Waals surface area contributed by atoms with Crippen LogP contribution < -0.4 is 4.68 Å². The fourth-order valence-corrected chi connectivity index (χ4v) is 8.35. The standard InChI is InChI=1S/C41H37N2/c1-25(2)32-23-37-33(24-39(32)43-38(19-20-42(43)6)40-27(4)21-26(3)22-28(40)5)31-15-9-12-18-36(31)41(37)34-16-10-7-13-29(34)30-14-8-11-17-35(30)41/h7-25H,1-6H3/q+1. The number of nitrogens with zero attached hydrogens (tertiary/aromatic N) is 2. The molecule has 0 saturated heterocycles. The molecule has 0 atom stereocenters. The predicted molar refractivity (Wildman–Crippen MR) is 177 cm³/mol. The Labute approximate surface area is 254 Å². The van der Waals surface area contributed by atoms with Crippen LogP contribution >= 0.6 is 0 Å². The van der Waals surface area contributed by atoms with Gasteiger partial charge in [-0.3, -0.25) is 0 Å². The van der Waals surface area contributed by atoms with Gasteiger partial charge in [-0.05, 0) is 94.0 Å². The van der Waals surface area contributed by atoms with Crippen LogP contribution in [0.15, 0.2) is 109 Å². The molecule has 0 radical (unpaired) electrons. The maximum Gasteiger partial charge on any atom is 0.196 e. The zero-order valence-corrected chi connectivity index (χ0v) is 25.9. The molecule has 2 heteroatoms. The summed E-state index contributed by atoms with van der Waals surface area (Å²) < 4.78 is 4.68. The van der Waals surface area contributed by atoms with Crippen LogP contribution in [0.3, 0.4) is 0 Å². The van der Waals surface area contributed by atoms with Gasteiger partial charge in [0, 0.05) is 11.6 Å². The zero-order valence-electron chi connectivity index (χ0n) is 25.9. The summed E-state index contributed by atoms with van der Waals surface area (Å²) in [5.41, 5.74) is 19.7. The Morgan fingerprint density at radius 3 is 1.65 bits per heavy atom. The maximum absolute atomic E-state index is 2.55. The third-order valence-electron chi connectivity index (χ3n) is 9.92. The normalized spacial score (nSPS) is 13.7. The third-order valence-corrected chi connectivity index (χ3v) is 9.92. The first kappa shape index (κ1) is 26.0. The van der Waals surface area contributed by atoms with Gasteiger partial charge in [0.2, 0.25) is 0 Å². The lowest BCUT2D eigenvalue weighted by molar-refractivity contribution is -0.743. The topological polar surface area (TPSA) is 8.81 Å². The molecule has 8 rings (SSSR count). The van der Waals surface area contributed by atoms with Crippen LogP contribution in [0, 0.1) is 20.8 Å². The van der Waals surface area contributed by atoms with E-state index in [2.05, 4.69) is 160 Å². The van der Waals surface area contributed by atoms with Crippen molar-refractivity contribution in [3.63, 3.8) is 0 Å². The Hall–Kier alpha value is -4.69. The van der Waals surface area contributed by atoms with E-state index in [1.54, 1.807) is 0 Å². The first-order chi connectivity index (χ1) is 20.8. The van der Waals surface area contributed by atoms with E-state index in [0.29, 0.717) is 5.92 Å². The molecule has 0 bridgehead atoms. The van der Waals surface area contributed by atoms with Gasteiger partial charge in [0.05, 0.1) is 5.41 Å². The average molecular weight is 558 g/mol. The van der Waals surface area contributed by atoms with Crippen LogP contribution in [-0.2, 0) is 12.5 Å². The van der Waals surface area contributed by atoms with E-state index < -0.39 is 0 Å². The molecule has 0 saturated carbocycles. The van der Waals surface area contributed by atoms with E-state index in [1.165, 1.54) is 83.7 Å². The van der Waals surface area contributed by atoms with Gasteiger partial charge in [0.15, 0.2) is 13.2 Å². The molecule has 1 spiro atoms. The molecule has 2 aliphatic carbocycles. The van der Waals surface area contributed by atoms with Crippen LogP contribution in [0.1, 0.15) is 64.3 Å². The van der Waals surface area contributed by atoms with Crippen molar-refractivity contribution in [2.75, 3.05) is 0 Å². The largest absolute Gasteiger partial charge is 0.196 e. The molecule has 0 fully saturated rings. The van der Waals surface area contributed by atoms with Gasteiger partial charge in [-0.25, -0.2) is 0 Å². The van der Waals surface area contributed by atoms with Crippen LogP contribution in [-0.4, -0.2) is 4.68 Å². The van der Waals surface area contributed by atoms with Gasteiger partial charge in [0.25, 0.3) is 0 Å². The average Bonchev–Trinajstić information content (AvgIpc) is 3.61. The molecule has 0 unspecified atom stereocenters. The highest BCUT2D eigenvalue weighted by atomic mass is 15.4. The fraction of sp³-hybridized carbons (Fsp3) is 0.195. The summed E-state index contributed by atoms with van der Waals surface area (Å²) in [4.78, 5) is 0. The molecule has 43 heavy (non-hydrogen) atoms. The van der Waals surface area contributed by atoms with Gasteiger partial charge >= 0.3 is 0 Å². The molecule has 2 nitrogen and oxygen atoms in total. The second-order valence-corrected chi connectivity index (χ2v) is 12.9. The van der Waals surface area contributed by atoms with E-state index in [9.17, 15) is 0 Å². The summed E-state index contributed by atoms with van der Waals surface area (Å²) in [5.74, 6) is 0.336. The number of aromatic nitrogens is 2. The maximum atomic E-state index is 2.55. The molecule has 5 aromatic carbocycles. The Bertz CT molecular complexity index is 2040. The third kappa shape index (κ3) is 3.38. The minimum atomic E-state index is -0.326. The molecule has 0 aliphatic heterocycles. The second kappa shape index (κ2) is 9.15. The smallest absolute Gasteiger partial charge is 0.120 e. The van der Waals surface area contributed by atoms with Gasteiger partial charge in [-0.1, -0.05) is 110 Å². The summed E-state index contributed by atoms with van der Waals surface area (Å²) in [6.07, 6.45) is 2.20. The molecule has 0 amide bonds. The monoisotopic (exact) mass is 557 g/mol. The van der Waals surface area contributed by atoms with Crippen molar-refractivity contribution in [2.45, 2.75) is 46.0 Å². The van der Waals surface area contributed by atoms with Crippen LogP contribution in [0.4, 0.5) is 0 Å². The highest BCUT2D eigenvalue weighted by molar-refractivity contribution is 5.95. The fourth-order valence-electron chi connectivity index (χ4n) is 8.35. The molecular weight excluding hydrogens is 520 g/mol. The number of hydrogen-bond acceptors (Lipinski definition) is 0. The quantitative estimate of drug-likeness (QED) is 0.191. The van der Waals surface area contributed by atoms with Crippen molar-refractivity contribution in [1.82, 2.24) is 4.68 Å². The van der Waals surface area contributed by atoms with Crippen molar-refractivity contribution in [3.8, 4) is 39.2 Å². The van der Waals surface area contributed by atoms with Crippen molar-refractivity contribution in [2.24, 2.45) is 7.05 Å². The second-order valence-electron chi connectivity index (χ2n) is 12.9. The SMILES string of the molecule is Cc1cc(C)c(-c2cc[n+](C)n2-c2cc3c(cc2C(C)C)C2(c4ccccc4-c4ccccc42)c2ccccc2-3)c(C)c1. The highest BCUT2D eigenvalue weighted by Gasteiger charge is 2.52. The van der Waals surface area contributed by atoms with Crippen molar-refractivity contribution >= 4 is 0 Å². The van der Waals surface area contributed by atoms with Crippen molar-refractivity contribution in [1.29, 1.82) is 0 Å². The molecular formula is C41H37N2+. The molecule has 6 aromatic rings. The summed E-state index contributed by atoms with van der Waals surface area (Å²) >= 11 is 0.